The molecule has 0 fully saturated rings. The van der Waals surface area contributed by atoms with E-state index in [1.54, 1.807) is 7.11 Å². The highest BCUT2D eigenvalue weighted by Gasteiger charge is 2.14. The number of rotatable bonds is 6. The van der Waals surface area contributed by atoms with Gasteiger partial charge in [0.25, 0.3) is 0 Å². The third kappa shape index (κ3) is 3.94. The van der Waals surface area contributed by atoms with Gasteiger partial charge in [-0.1, -0.05) is 30.3 Å². The van der Waals surface area contributed by atoms with Crippen molar-refractivity contribution in [2.24, 2.45) is 0 Å². The van der Waals surface area contributed by atoms with Gasteiger partial charge in [-0.05, 0) is 43.7 Å². The normalized spacial score (nSPS) is 10.6. The lowest BCUT2D eigenvalue weighted by Gasteiger charge is -2.08. The lowest BCUT2D eigenvalue weighted by molar-refractivity contribution is -0.120. The molecule has 3 aromatic rings. The van der Waals surface area contributed by atoms with Crippen molar-refractivity contribution in [3.05, 3.63) is 77.1 Å². The van der Waals surface area contributed by atoms with E-state index in [-0.39, 0.29) is 5.91 Å². The van der Waals surface area contributed by atoms with Crippen molar-refractivity contribution in [3.8, 4) is 11.4 Å². The van der Waals surface area contributed by atoms with Gasteiger partial charge in [-0.2, -0.15) is 5.10 Å². The molecule has 3 rings (SSSR count). The Labute approximate surface area is 153 Å². The number of carbonyl (C=O) groups excluding carboxylic acids is 1. The first-order chi connectivity index (χ1) is 12.6. The van der Waals surface area contributed by atoms with Crippen molar-refractivity contribution in [3.63, 3.8) is 0 Å². The van der Waals surface area contributed by atoms with Gasteiger partial charge in [-0.3, -0.25) is 4.79 Å². The van der Waals surface area contributed by atoms with Crippen LogP contribution in [0, 0.1) is 13.8 Å². The van der Waals surface area contributed by atoms with Crippen LogP contribution in [0.15, 0.2) is 54.6 Å². The summed E-state index contributed by atoms with van der Waals surface area (Å²) in [5.74, 6) is 0.732. The fourth-order valence-corrected chi connectivity index (χ4v) is 2.97. The predicted octanol–water partition coefficient (Wildman–Crippen LogP) is 3.36. The van der Waals surface area contributed by atoms with Crippen molar-refractivity contribution in [2.45, 2.75) is 26.8 Å². The van der Waals surface area contributed by atoms with E-state index in [1.807, 2.05) is 73.1 Å². The van der Waals surface area contributed by atoms with Crippen LogP contribution in [0.1, 0.15) is 22.5 Å². The van der Waals surface area contributed by atoms with E-state index in [2.05, 4.69) is 10.4 Å². The fraction of sp³-hybridized carbons (Fsp3) is 0.238. The van der Waals surface area contributed by atoms with Crippen LogP contribution >= 0.6 is 0 Å². The summed E-state index contributed by atoms with van der Waals surface area (Å²) in [5.41, 5.74) is 4.95. The lowest BCUT2D eigenvalue weighted by atomic mass is 10.1. The van der Waals surface area contributed by atoms with Crippen LogP contribution in [0.25, 0.3) is 5.69 Å². The first-order valence-electron chi connectivity index (χ1n) is 8.58. The molecule has 5 nitrogen and oxygen atoms in total. The molecule has 1 heterocycles. The molecule has 0 aliphatic rings. The van der Waals surface area contributed by atoms with Crippen molar-refractivity contribution < 1.29 is 9.53 Å². The molecule has 0 unspecified atom stereocenters. The van der Waals surface area contributed by atoms with Crippen molar-refractivity contribution in [1.29, 1.82) is 0 Å². The molecular weight excluding hydrogens is 326 g/mol. The number of ether oxygens (including phenoxy) is 1. The zero-order valence-corrected chi connectivity index (χ0v) is 15.3. The van der Waals surface area contributed by atoms with Crippen LogP contribution in [0.4, 0.5) is 0 Å². The Kier molecular flexibility index (Phi) is 5.37. The van der Waals surface area contributed by atoms with Gasteiger partial charge in [-0.25, -0.2) is 4.68 Å². The highest BCUT2D eigenvalue weighted by atomic mass is 16.5. The number of hydrogen-bond acceptors (Lipinski definition) is 3. The Balaban J connectivity index is 1.68. The number of benzene rings is 2. The Morgan fingerprint density at radius 3 is 2.62 bits per heavy atom. The maximum Gasteiger partial charge on any atom is 0.224 e. The summed E-state index contributed by atoms with van der Waals surface area (Å²) in [6.07, 6.45) is 0.322. The van der Waals surface area contributed by atoms with Crippen LogP contribution in [0.5, 0.6) is 5.75 Å². The smallest absolute Gasteiger partial charge is 0.224 e. The second-order valence-electron chi connectivity index (χ2n) is 6.20. The highest BCUT2D eigenvalue weighted by Crippen LogP contribution is 2.18. The van der Waals surface area contributed by atoms with Gasteiger partial charge in [0.15, 0.2) is 0 Å². The molecule has 0 bridgehead atoms. The molecular formula is C21H23N3O2. The lowest BCUT2D eigenvalue weighted by Crippen LogP contribution is -2.25. The fourth-order valence-electron chi connectivity index (χ4n) is 2.97. The van der Waals surface area contributed by atoms with Crippen LogP contribution in [0.2, 0.25) is 0 Å². The summed E-state index contributed by atoms with van der Waals surface area (Å²) >= 11 is 0. The molecule has 5 heteroatoms. The number of carbonyl (C=O) groups is 1. The molecule has 0 aliphatic heterocycles. The topological polar surface area (TPSA) is 56.1 Å². The first kappa shape index (κ1) is 17.7. The second kappa shape index (κ2) is 7.87. The minimum atomic E-state index is -0.0236. The minimum absolute atomic E-state index is 0.0236. The largest absolute Gasteiger partial charge is 0.497 e. The second-order valence-corrected chi connectivity index (χ2v) is 6.20. The maximum atomic E-state index is 12.3. The molecule has 134 valence electrons. The average Bonchev–Trinajstić information content (AvgIpc) is 2.95. The number of aromatic nitrogens is 2. The number of nitrogens with zero attached hydrogens (tertiary/aromatic N) is 2. The summed E-state index contributed by atoms with van der Waals surface area (Å²) in [6, 6.07) is 17.5. The number of aryl methyl sites for hydroxylation is 1. The van der Waals surface area contributed by atoms with E-state index in [0.717, 1.165) is 34.0 Å². The van der Waals surface area contributed by atoms with E-state index in [1.165, 1.54) is 0 Å². The number of hydrogen-bond donors (Lipinski definition) is 1. The van der Waals surface area contributed by atoms with Gasteiger partial charge in [0, 0.05) is 17.8 Å². The van der Waals surface area contributed by atoms with E-state index in [4.69, 9.17) is 4.74 Å². The van der Waals surface area contributed by atoms with Gasteiger partial charge in [0.05, 0.1) is 24.9 Å². The van der Waals surface area contributed by atoms with Crippen LogP contribution < -0.4 is 10.1 Å². The third-order valence-electron chi connectivity index (χ3n) is 4.40. The van der Waals surface area contributed by atoms with Crippen molar-refractivity contribution in [2.75, 3.05) is 7.11 Å². The first-order valence-corrected chi connectivity index (χ1v) is 8.58. The molecule has 26 heavy (non-hydrogen) atoms. The Bertz CT molecular complexity index is 901. The van der Waals surface area contributed by atoms with Gasteiger partial charge >= 0.3 is 0 Å². The summed E-state index contributed by atoms with van der Waals surface area (Å²) < 4.78 is 7.11. The summed E-state index contributed by atoms with van der Waals surface area (Å²) in [6.45, 7) is 4.46. The number of nitrogens with one attached hydrogen (secondary N) is 1. The van der Waals surface area contributed by atoms with Crippen LogP contribution in [-0.4, -0.2) is 22.8 Å². The molecule has 0 spiro atoms. The van der Waals surface area contributed by atoms with Gasteiger partial charge in [0.1, 0.15) is 5.75 Å². The molecule has 0 atom stereocenters. The molecule has 2 aromatic carbocycles. The van der Waals surface area contributed by atoms with Gasteiger partial charge in [-0.15, -0.1) is 0 Å². The molecule has 1 amide bonds. The summed E-state index contributed by atoms with van der Waals surface area (Å²) in [5, 5.41) is 7.61. The Morgan fingerprint density at radius 2 is 1.88 bits per heavy atom. The highest BCUT2D eigenvalue weighted by molar-refractivity contribution is 5.78. The SMILES string of the molecule is COc1cccc(CC(=O)NCc2c(C)nn(-c3ccccc3)c2C)c1. The molecule has 0 saturated heterocycles. The van der Waals surface area contributed by atoms with E-state index in [9.17, 15) is 4.79 Å². The van der Waals surface area contributed by atoms with E-state index >= 15 is 0 Å². The summed E-state index contributed by atoms with van der Waals surface area (Å²) in [4.78, 5) is 12.3. The van der Waals surface area contributed by atoms with Gasteiger partial charge < -0.3 is 10.1 Å². The maximum absolute atomic E-state index is 12.3. The average molecular weight is 349 g/mol. The van der Waals surface area contributed by atoms with Gasteiger partial charge in [0.2, 0.25) is 5.91 Å². The van der Waals surface area contributed by atoms with E-state index in [0.29, 0.717) is 13.0 Å². The zero-order chi connectivity index (χ0) is 18.5. The molecule has 1 N–H and O–H groups in total. The minimum Gasteiger partial charge on any atom is -0.497 e. The monoisotopic (exact) mass is 349 g/mol. The van der Waals surface area contributed by atoms with Crippen LogP contribution in [-0.2, 0) is 17.8 Å². The summed E-state index contributed by atoms with van der Waals surface area (Å²) in [7, 11) is 1.62. The number of methoxy groups -OCH3 is 1. The Morgan fingerprint density at radius 1 is 1.12 bits per heavy atom. The Hall–Kier alpha value is -3.08. The number of amides is 1. The molecule has 0 saturated carbocycles. The molecule has 0 radical (unpaired) electrons. The standard InChI is InChI=1S/C21H23N3O2/c1-15-20(16(2)24(23-15)18-9-5-4-6-10-18)14-22-21(25)13-17-8-7-11-19(12-17)26-3/h4-12H,13-14H2,1-3H3,(H,22,25). The number of para-hydroxylation sites is 1. The van der Waals surface area contributed by atoms with Crippen molar-refractivity contribution in [1.82, 2.24) is 15.1 Å². The van der Waals surface area contributed by atoms with Crippen LogP contribution in [0.3, 0.4) is 0 Å². The van der Waals surface area contributed by atoms with E-state index < -0.39 is 0 Å². The molecule has 1 aromatic heterocycles. The molecule has 0 aliphatic carbocycles. The predicted molar refractivity (Wildman–Crippen MR) is 102 cm³/mol. The van der Waals surface area contributed by atoms with Crippen molar-refractivity contribution >= 4 is 5.91 Å². The third-order valence-corrected chi connectivity index (χ3v) is 4.40. The quantitative estimate of drug-likeness (QED) is 0.742. The zero-order valence-electron chi connectivity index (χ0n) is 15.3.